The van der Waals surface area contributed by atoms with Crippen molar-refractivity contribution < 1.29 is 19.0 Å². The molecule has 2 aliphatic rings. The van der Waals surface area contributed by atoms with Crippen LogP contribution in [0.25, 0.3) is 5.57 Å². The fourth-order valence-electron chi connectivity index (χ4n) is 3.78. The lowest BCUT2D eigenvalue weighted by Gasteiger charge is -2.29. The number of halogens is 1. The zero-order valence-corrected chi connectivity index (χ0v) is 14.3. The maximum Gasteiger partial charge on any atom is 0.289 e. The van der Waals surface area contributed by atoms with Crippen LogP contribution in [0, 0.1) is 5.82 Å². The van der Waals surface area contributed by atoms with Gasteiger partial charge in [0.1, 0.15) is 5.82 Å². The molecule has 4 rings (SSSR count). The number of rotatable bonds is 4. The minimum atomic E-state index is -0.671. The predicted molar refractivity (Wildman–Crippen MR) is 95.8 cm³/mol. The average molecular weight is 353 g/mol. The minimum Gasteiger partial charge on any atom is -0.503 e. The third kappa shape index (κ3) is 2.88. The van der Waals surface area contributed by atoms with Crippen LogP contribution < -0.4 is 0 Å². The molecule has 134 valence electrons. The van der Waals surface area contributed by atoms with E-state index in [0.29, 0.717) is 29.9 Å². The molecule has 4 nitrogen and oxygen atoms in total. The normalized spacial score (nSPS) is 23.1. The maximum absolute atomic E-state index is 14.6. The molecule has 0 saturated carbocycles. The summed E-state index contributed by atoms with van der Waals surface area (Å²) in [6.45, 7) is 1.00. The Morgan fingerprint density at radius 1 is 1.12 bits per heavy atom. The summed E-state index contributed by atoms with van der Waals surface area (Å²) in [6, 6.07) is 14.9. The smallest absolute Gasteiger partial charge is 0.289 e. The Hall–Kier alpha value is -2.66. The molecule has 1 saturated heterocycles. The Labute approximate surface area is 151 Å². The standard InChI is InChI=1S/C21H20FNO3/c22-17-11-5-4-10-16(17)19-18(14-7-2-1-3-8-14)20(24)21(25)23(19)13-15-9-6-12-26-15/h1-5,7-8,10-11,15,19,24H,6,9,12-13H2/t15-,19-/m0/s1. The quantitative estimate of drug-likeness (QED) is 0.908. The van der Waals surface area contributed by atoms with E-state index in [2.05, 4.69) is 0 Å². The molecule has 0 radical (unpaired) electrons. The molecule has 1 amide bonds. The fourth-order valence-corrected chi connectivity index (χ4v) is 3.78. The lowest BCUT2D eigenvalue weighted by atomic mass is 9.93. The molecule has 2 aromatic carbocycles. The summed E-state index contributed by atoms with van der Waals surface area (Å²) in [4.78, 5) is 14.3. The first-order chi connectivity index (χ1) is 12.7. The van der Waals surface area contributed by atoms with E-state index in [1.54, 1.807) is 18.2 Å². The minimum absolute atomic E-state index is 0.0869. The van der Waals surface area contributed by atoms with Crippen molar-refractivity contribution in [3.8, 4) is 0 Å². The Kier molecular flexibility index (Phi) is 4.47. The van der Waals surface area contributed by atoms with Gasteiger partial charge in [-0.1, -0.05) is 48.5 Å². The number of amides is 1. The second kappa shape index (κ2) is 6.92. The van der Waals surface area contributed by atoms with E-state index in [1.165, 1.54) is 11.0 Å². The first-order valence-corrected chi connectivity index (χ1v) is 8.82. The van der Waals surface area contributed by atoms with Gasteiger partial charge in [-0.25, -0.2) is 4.39 Å². The predicted octanol–water partition coefficient (Wildman–Crippen LogP) is 3.86. The van der Waals surface area contributed by atoms with Gasteiger partial charge in [-0.15, -0.1) is 0 Å². The van der Waals surface area contributed by atoms with Crippen LogP contribution in [0.1, 0.15) is 30.0 Å². The van der Waals surface area contributed by atoms with Crippen molar-refractivity contribution in [1.82, 2.24) is 4.90 Å². The molecule has 5 heteroatoms. The molecule has 1 N–H and O–H groups in total. The van der Waals surface area contributed by atoms with Crippen molar-refractivity contribution in [2.75, 3.05) is 13.2 Å². The van der Waals surface area contributed by atoms with Crippen molar-refractivity contribution in [3.63, 3.8) is 0 Å². The molecule has 0 unspecified atom stereocenters. The Bertz CT molecular complexity index is 843. The summed E-state index contributed by atoms with van der Waals surface area (Å²) in [6.07, 6.45) is 1.72. The summed E-state index contributed by atoms with van der Waals surface area (Å²) in [7, 11) is 0. The molecule has 2 aromatic rings. The number of nitrogens with zero attached hydrogens (tertiary/aromatic N) is 1. The molecule has 0 aromatic heterocycles. The second-order valence-electron chi connectivity index (χ2n) is 6.64. The molecule has 0 aliphatic carbocycles. The lowest BCUT2D eigenvalue weighted by molar-refractivity contribution is -0.131. The van der Waals surface area contributed by atoms with Crippen LogP contribution in [0.3, 0.4) is 0 Å². The summed E-state index contributed by atoms with van der Waals surface area (Å²) in [5, 5.41) is 10.6. The molecule has 0 spiro atoms. The van der Waals surface area contributed by atoms with E-state index in [-0.39, 0.29) is 11.9 Å². The zero-order valence-electron chi connectivity index (χ0n) is 14.3. The molecular weight excluding hydrogens is 333 g/mol. The molecular formula is C21H20FNO3. The summed E-state index contributed by atoms with van der Waals surface area (Å²) in [5.74, 6) is -1.19. The van der Waals surface area contributed by atoms with Crippen LogP contribution in [-0.2, 0) is 9.53 Å². The number of aliphatic hydroxyl groups is 1. The molecule has 1 fully saturated rings. The second-order valence-corrected chi connectivity index (χ2v) is 6.64. The lowest BCUT2D eigenvalue weighted by Crippen LogP contribution is -2.37. The van der Waals surface area contributed by atoms with Crippen LogP contribution in [0.4, 0.5) is 4.39 Å². The summed E-state index contributed by atoms with van der Waals surface area (Å²) < 4.78 is 20.3. The first kappa shape index (κ1) is 16.8. The van der Waals surface area contributed by atoms with Gasteiger partial charge in [0.2, 0.25) is 0 Å². The van der Waals surface area contributed by atoms with Crippen LogP contribution in [-0.4, -0.2) is 35.2 Å². The van der Waals surface area contributed by atoms with Crippen molar-refractivity contribution >= 4 is 11.5 Å². The number of aliphatic hydroxyl groups excluding tert-OH is 1. The zero-order chi connectivity index (χ0) is 18.1. The Morgan fingerprint density at radius 2 is 1.85 bits per heavy atom. The molecule has 26 heavy (non-hydrogen) atoms. The highest BCUT2D eigenvalue weighted by Gasteiger charge is 2.43. The highest BCUT2D eigenvalue weighted by Crippen LogP contribution is 2.44. The van der Waals surface area contributed by atoms with Crippen LogP contribution in [0.15, 0.2) is 60.4 Å². The van der Waals surface area contributed by atoms with Gasteiger partial charge < -0.3 is 14.7 Å². The van der Waals surface area contributed by atoms with Gasteiger partial charge in [0.15, 0.2) is 5.76 Å². The van der Waals surface area contributed by atoms with Gasteiger partial charge >= 0.3 is 0 Å². The summed E-state index contributed by atoms with van der Waals surface area (Å²) in [5.41, 5.74) is 1.53. The van der Waals surface area contributed by atoms with Gasteiger partial charge in [0.05, 0.1) is 12.1 Å². The number of hydrogen-bond acceptors (Lipinski definition) is 3. The van der Waals surface area contributed by atoms with Crippen molar-refractivity contribution in [2.45, 2.75) is 25.0 Å². The van der Waals surface area contributed by atoms with Crippen LogP contribution in [0.5, 0.6) is 0 Å². The molecule has 2 atom stereocenters. The van der Waals surface area contributed by atoms with E-state index in [9.17, 15) is 14.3 Å². The monoisotopic (exact) mass is 353 g/mol. The third-order valence-corrected chi connectivity index (χ3v) is 5.01. The molecule has 2 aliphatic heterocycles. The number of carbonyl (C=O) groups excluding carboxylic acids is 1. The van der Waals surface area contributed by atoms with E-state index < -0.39 is 17.8 Å². The van der Waals surface area contributed by atoms with E-state index in [1.807, 2.05) is 30.3 Å². The third-order valence-electron chi connectivity index (χ3n) is 5.01. The van der Waals surface area contributed by atoms with Gasteiger partial charge in [0, 0.05) is 24.3 Å². The topological polar surface area (TPSA) is 49.8 Å². The van der Waals surface area contributed by atoms with E-state index in [0.717, 1.165) is 12.8 Å². The van der Waals surface area contributed by atoms with Gasteiger partial charge in [-0.05, 0) is 24.5 Å². The van der Waals surface area contributed by atoms with Gasteiger partial charge in [0.25, 0.3) is 5.91 Å². The highest BCUT2D eigenvalue weighted by molar-refractivity contribution is 6.05. The SMILES string of the molecule is O=C1C(O)=C(c2ccccc2)[C@H](c2ccccc2F)N1C[C@@H]1CCCO1. The van der Waals surface area contributed by atoms with E-state index >= 15 is 0 Å². The number of carbonyl (C=O) groups is 1. The van der Waals surface area contributed by atoms with Gasteiger partial charge in [-0.3, -0.25) is 4.79 Å². The maximum atomic E-state index is 14.6. The summed E-state index contributed by atoms with van der Waals surface area (Å²) >= 11 is 0. The largest absolute Gasteiger partial charge is 0.503 e. The van der Waals surface area contributed by atoms with Crippen LogP contribution >= 0.6 is 0 Å². The number of hydrogen-bond donors (Lipinski definition) is 1. The Balaban J connectivity index is 1.80. The molecule has 2 heterocycles. The Morgan fingerprint density at radius 3 is 2.54 bits per heavy atom. The van der Waals surface area contributed by atoms with Crippen LogP contribution in [0.2, 0.25) is 0 Å². The first-order valence-electron chi connectivity index (χ1n) is 8.82. The molecule has 0 bridgehead atoms. The highest BCUT2D eigenvalue weighted by atomic mass is 19.1. The van der Waals surface area contributed by atoms with Crippen molar-refractivity contribution in [3.05, 3.63) is 77.3 Å². The fraction of sp³-hybridized carbons (Fsp3) is 0.286. The number of ether oxygens (including phenoxy) is 1. The average Bonchev–Trinajstić information content (AvgIpc) is 3.25. The van der Waals surface area contributed by atoms with Gasteiger partial charge in [-0.2, -0.15) is 0 Å². The van der Waals surface area contributed by atoms with Crippen molar-refractivity contribution in [1.29, 1.82) is 0 Å². The van der Waals surface area contributed by atoms with E-state index in [4.69, 9.17) is 4.74 Å². The van der Waals surface area contributed by atoms with Crippen molar-refractivity contribution in [2.24, 2.45) is 0 Å². The number of benzene rings is 2.